The van der Waals surface area contributed by atoms with Crippen molar-refractivity contribution in [1.29, 1.82) is 0 Å². The summed E-state index contributed by atoms with van der Waals surface area (Å²) in [5.41, 5.74) is -2.78. The van der Waals surface area contributed by atoms with Gasteiger partial charge in [0.15, 0.2) is 5.78 Å². The van der Waals surface area contributed by atoms with Gasteiger partial charge in [-0.05, 0) is 71.0 Å². The molecule has 0 bridgehead atoms. The number of nitrogens with zero attached hydrogens (tertiary/aromatic N) is 2. The predicted molar refractivity (Wildman–Crippen MR) is 157 cm³/mol. The first-order valence-electron chi connectivity index (χ1n) is 12.9. The topological polar surface area (TPSA) is 132 Å². The maximum absolute atomic E-state index is 14.4. The molecule has 0 saturated carbocycles. The van der Waals surface area contributed by atoms with Crippen LogP contribution < -0.4 is 19.1 Å². The van der Waals surface area contributed by atoms with Gasteiger partial charge in [0.25, 0.3) is 10.0 Å². The highest BCUT2D eigenvalue weighted by Crippen LogP contribution is 2.39. The number of benzene rings is 2. The zero-order chi connectivity index (χ0) is 30.8. The number of nitrogens with one attached hydrogen (secondary N) is 1. The minimum Gasteiger partial charge on any atom is -0.497 e. The highest BCUT2D eigenvalue weighted by atomic mass is 32.2. The van der Waals surface area contributed by atoms with Crippen LogP contribution in [0.4, 0.5) is 10.5 Å². The molecule has 13 heteroatoms. The number of sulfonamides is 1. The Kier molecular flexibility index (Phi) is 9.66. The number of ether oxygens (including phenoxy) is 3. The van der Waals surface area contributed by atoms with E-state index in [4.69, 9.17) is 14.2 Å². The van der Waals surface area contributed by atoms with Gasteiger partial charge in [-0.15, -0.1) is 11.8 Å². The first-order valence-corrected chi connectivity index (χ1v) is 15.3. The fourth-order valence-corrected chi connectivity index (χ4v) is 7.31. The van der Waals surface area contributed by atoms with Crippen molar-refractivity contribution in [3.63, 3.8) is 0 Å². The highest BCUT2D eigenvalue weighted by Gasteiger charge is 2.57. The van der Waals surface area contributed by atoms with Crippen molar-refractivity contribution in [2.75, 3.05) is 31.3 Å². The minimum atomic E-state index is -4.60. The van der Waals surface area contributed by atoms with E-state index < -0.39 is 50.4 Å². The maximum Gasteiger partial charge on any atom is 0.414 e. The first kappa shape index (κ1) is 32.2. The van der Waals surface area contributed by atoms with E-state index in [9.17, 15) is 22.8 Å². The molecule has 1 amide bonds. The van der Waals surface area contributed by atoms with Crippen LogP contribution in [0.1, 0.15) is 34.6 Å². The van der Waals surface area contributed by atoms with E-state index in [0.29, 0.717) is 5.75 Å². The van der Waals surface area contributed by atoms with Crippen LogP contribution in [0.15, 0.2) is 53.4 Å². The summed E-state index contributed by atoms with van der Waals surface area (Å²) >= 11 is 1.29. The molecule has 2 aromatic rings. The zero-order valence-electron chi connectivity index (χ0n) is 24.5. The standard InChI is InChI=1S/C28H37N3O8S2/c1-18(2)38-25(33)28(5,23(32)24-29-27(3,4)17-40-24)31(41(35,36)22-11-9-10-21(16-22)37-8)19-12-14-20(15-13-19)39-26(34)30(6)7/h9-16,18,24,29H,17H2,1-8H3/t24-,28+/m0/s1. The number of carbonyl (C=O) groups is 3. The molecule has 1 aliphatic heterocycles. The van der Waals surface area contributed by atoms with Gasteiger partial charge in [0, 0.05) is 31.5 Å². The second-order valence-electron chi connectivity index (χ2n) is 10.8. The number of carbonyl (C=O) groups excluding carboxylic acids is 3. The van der Waals surface area contributed by atoms with E-state index in [1.54, 1.807) is 19.9 Å². The number of esters is 1. The summed E-state index contributed by atoms with van der Waals surface area (Å²) in [7, 11) is -0.159. The molecule has 224 valence electrons. The third kappa shape index (κ3) is 6.96. The third-order valence-corrected chi connectivity index (χ3v) is 9.68. The molecule has 1 saturated heterocycles. The Morgan fingerprint density at radius 3 is 2.22 bits per heavy atom. The lowest BCUT2D eigenvalue weighted by atomic mass is 9.94. The third-order valence-electron chi connectivity index (χ3n) is 6.22. The molecular formula is C28H37N3O8S2. The van der Waals surface area contributed by atoms with Crippen LogP contribution in [-0.4, -0.2) is 80.7 Å². The van der Waals surface area contributed by atoms with Crippen molar-refractivity contribution in [1.82, 2.24) is 10.2 Å². The normalized spacial score (nSPS) is 17.8. The van der Waals surface area contributed by atoms with Crippen molar-refractivity contribution in [3.8, 4) is 11.5 Å². The Bertz CT molecular complexity index is 1390. The Labute approximate surface area is 245 Å². The Morgan fingerprint density at radius 1 is 1.07 bits per heavy atom. The predicted octanol–water partition coefficient (Wildman–Crippen LogP) is 3.67. The van der Waals surface area contributed by atoms with E-state index in [1.807, 2.05) is 13.8 Å². The quantitative estimate of drug-likeness (QED) is 0.315. The average Bonchev–Trinajstić information content (AvgIpc) is 3.27. The summed E-state index contributed by atoms with van der Waals surface area (Å²) < 4.78 is 45.7. The van der Waals surface area contributed by atoms with E-state index in [0.717, 1.165) is 4.31 Å². The van der Waals surface area contributed by atoms with Crippen molar-refractivity contribution in [2.24, 2.45) is 0 Å². The minimum absolute atomic E-state index is 0.0173. The van der Waals surface area contributed by atoms with Crippen LogP contribution >= 0.6 is 11.8 Å². The van der Waals surface area contributed by atoms with Gasteiger partial charge in [-0.3, -0.25) is 10.1 Å². The summed E-state index contributed by atoms with van der Waals surface area (Å²) in [6.07, 6.45) is -1.27. The average molecular weight is 608 g/mol. The van der Waals surface area contributed by atoms with Crippen molar-refractivity contribution >= 4 is 45.3 Å². The molecule has 41 heavy (non-hydrogen) atoms. The van der Waals surface area contributed by atoms with Gasteiger partial charge in [-0.2, -0.15) is 0 Å². The van der Waals surface area contributed by atoms with Crippen LogP contribution in [0.3, 0.4) is 0 Å². The summed E-state index contributed by atoms with van der Waals surface area (Å²) in [5.74, 6) is -0.747. The van der Waals surface area contributed by atoms with Crippen molar-refractivity contribution in [2.45, 2.75) is 62.1 Å². The van der Waals surface area contributed by atoms with Gasteiger partial charge in [0.2, 0.25) is 5.54 Å². The lowest BCUT2D eigenvalue weighted by Gasteiger charge is -2.40. The number of anilines is 1. The van der Waals surface area contributed by atoms with Gasteiger partial charge in [0.1, 0.15) is 16.9 Å². The molecular weight excluding hydrogens is 570 g/mol. The lowest BCUT2D eigenvalue weighted by molar-refractivity contribution is -0.156. The van der Waals surface area contributed by atoms with E-state index in [2.05, 4.69) is 5.32 Å². The Morgan fingerprint density at radius 2 is 1.71 bits per heavy atom. The molecule has 1 fully saturated rings. The molecule has 0 spiro atoms. The van der Waals surface area contributed by atoms with E-state index >= 15 is 0 Å². The largest absolute Gasteiger partial charge is 0.497 e. The van der Waals surface area contributed by atoms with Crippen molar-refractivity contribution in [3.05, 3.63) is 48.5 Å². The summed E-state index contributed by atoms with van der Waals surface area (Å²) in [5, 5.41) is 2.31. The number of methoxy groups -OCH3 is 1. The fourth-order valence-electron chi connectivity index (χ4n) is 4.08. The Hall–Kier alpha value is -3.29. The van der Waals surface area contributed by atoms with Gasteiger partial charge < -0.3 is 19.1 Å². The van der Waals surface area contributed by atoms with E-state index in [-0.39, 0.29) is 22.1 Å². The van der Waals surface area contributed by atoms with Gasteiger partial charge in [-0.25, -0.2) is 22.3 Å². The second kappa shape index (κ2) is 12.3. The summed E-state index contributed by atoms with van der Waals surface area (Å²) in [4.78, 5) is 41.2. The molecule has 2 aromatic carbocycles. The molecule has 3 rings (SSSR count). The fraction of sp³-hybridized carbons (Fsp3) is 0.464. The molecule has 1 N–H and O–H groups in total. The number of ketones is 1. The number of amides is 1. The first-order chi connectivity index (χ1) is 19.0. The zero-order valence-corrected chi connectivity index (χ0v) is 26.1. The molecule has 1 heterocycles. The molecule has 11 nitrogen and oxygen atoms in total. The lowest BCUT2D eigenvalue weighted by Crippen LogP contribution is -2.65. The summed E-state index contributed by atoms with van der Waals surface area (Å²) in [6, 6.07) is 11.2. The number of hydrogen-bond donors (Lipinski definition) is 1. The van der Waals surface area contributed by atoms with Gasteiger partial charge >= 0.3 is 12.1 Å². The molecule has 2 atom stereocenters. The number of hydrogen-bond acceptors (Lipinski definition) is 10. The Balaban J connectivity index is 2.26. The van der Waals surface area contributed by atoms with Crippen LogP contribution in [0.5, 0.6) is 11.5 Å². The second-order valence-corrected chi connectivity index (χ2v) is 13.7. The molecule has 1 aliphatic rings. The maximum atomic E-state index is 14.4. The number of Topliss-reactive ketones (excluding diaryl/α,β-unsaturated/α-hetero) is 1. The molecule has 0 aromatic heterocycles. The number of rotatable bonds is 10. The summed E-state index contributed by atoms with van der Waals surface area (Å²) in [6.45, 7) is 8.31. The van der Waals surface area contributed by atoms with Crippen LogP contribution in [0.25, 0.3) is 0 Å². The monoisotopic (exact) mass is 607 g/mol. The van der Waals surface area contributed by atoms with Gasteiger partial charge in [0.05, 0.1) is 23.8 Å². The van der Waals surface area contributed by atoms with Crippen LogP contribution in [0, 0.1) is 0 Å². The smallest absolute Gasteiger partial charge is 0.414 e. The molecule has 0 radical (unpaired) electrons. The molecule has 0 unspecified atom stereocenters. The van der Waals surface area contributed by atoms with E-state index in [1.165, 1.54) is 87.3 Å². The number of thioether (sulfide) groups is 1. The SMILES string of the molecule is COc1cccc(S(=O)(=O)N(c2ccc(OC(=O)N(C)C)cc2)[C@@](C)(C(=O)OC(C)C)C(=O)[C@H]2NC(C)(C)CS2)c1. The molecule has 0 aliphatic carbocycles. The highest BCUT2D eigenvalue weighted by molar-refractivity contribution is 8.01. The van der Waals surface area contributed by atoms with Crippen LogP contribution in [0.2, 0.25) is 0 Å². The van der Waals surface area contributed by atoms with Crippen molar-refractivity contribution < 1.29 is 37.0 Å². The van der Waals surface area contributed by atoms with Gasteiger partial charge in [-0.1, -0.05) is 6.07 Å². The van der Waals surface area contributed by atoms with Crippen LogP contribution in [-0.2, 0) is 24.3 Å².